The Morgan fingerprint density at radius 1 is 1.31 bits per heavy atom. The van der Waals surface area contributed by atoms with Gasteiger partial charge in [0.25, 0.3) is 0 Å². The van der Waals surface area contributed by atoms with Crippen LogP contribution in [0.15, 0.2) is 24.3 Å². The molecule has 2 atom stereocenters. The van der Waals surface area contributed by atoms with Crippen molar-refractivity contribution in [2.75, 3.05) is 0 Å². The second-order valence-corrected chi connectivity index (χ2v) is 4.27. The molecule has 0 fully saturated rings. The predicted molar refractivity (Wildman–Crippen MR) is 62.9 cm³/mol. The SMILES string of the molecule is CC(Oc1ccccc1I)[C@H](C)N. The first-order chi connectivity index (χ1) is 6.11. The lowest BCUT2D eigenvalue weighted by Gasteiger charge is -2.18. The van der Waals surface area contributed by atoms with Gasteiger partial charge in [-0.1, -0.05) is 12.1 Å². The highest BCUT2D eigenvalue weighted by Crippen LogP contribution is 2.21. The second-order valence-electron chi connectivity index (χ2n) is 3.11. The number of hydrogen-bond donors (Lipinski definition) is 1. The lowest BCUT2D eigenvalue weighted by molar-refractivity contribution is 0.195. The van der Waals surface area contributed by atoms with E-state index in [0.29, 0.717) is 0 Å². The van der Waals surface area contributed by atoms with E-state index in [9.17, 15) is 0 Å². The molecule has 0 aliphatic carbocycles. The molecule has 1 aromatic carbocycles. The average molecular weight is 291 g/mol. The number of hydrogen-bond acceptors (Lipinski definition) is 2. The Labute approximate surface area is 92.6 Å². The standard InChI is InChI=1S/C10H14INO/c1-7(12)8(2)13-10-6-4-3-5-9(10)11/h3-8H,12H2,1-2H3/t7-,8?/m0/s1. The molecule has 0 aliphatic heterocycles. The molecule has 0 saturated carbocycles. The molecule has 1 aromatic rings. The minimum atomic E-state index is 0.0518. The first-order valence-corrected chi connectivity index (χ1v) is 5.36. The van der Waals surface area contributed by atoms with E-state index in [1.54, 1.807) is 0 Å². The lowest BCUT2D eigenvalue weighted by Crippen LogP contribution is -2.33. The van der Waals surface area contributed by atoms with Gasteiger partial charge in [0.15, 0.2) is 0 Å². The summed E-state index contributed by atoms with van der Waals surface area (Å²) in [6.45, 7) is 3.92. The molecule has 3 heteroatoms. The summed E-state index contributed by atoms with van der Waals surface area (Å²) in [5.41, 5.74) is 5.71. The fourth-order valence-electron chi connectivity index (χ4n) is 0.848. The molecule has 0 saturated heterocycles. The zero-order valence-corrected chi connectivity index (χ0v) is 9.99. The van der Waals surface area contributed by atoms with Crippen molar-refractivity contribution in [2.24, 2.45) is 5.73 Å². The van der Waals surface area contributed by atoms with Gasteiger partial charge >= 0.3 is 0 Å². The van der Waals surface area contributed by atoms with Crippen LogP contribution in [0.1, 0.15) is 13.8 Å². The lowest BCUT2D eigenvalue weighted by atomic mass is 10.2. The number of ether oxygens (including phenoxy) is 1. The summed E-state index contributed by atoms with van der Waals surface area (Å²) in [6, 6.07) is 7.98. The van der Waals surface area contributed by atoms with Crippen molar-refractivity contribution >= 4 is 22.6 Å². The fraction of sp³-hybridized carbons (Fsp3) is 0.400. The highest BCUT2D eigenvalue weighted by Gasteiger charge is 2.10. The molecule has 13 heavy (non-hydrogen) atoms. The van der Waals surface area contributed by atoms with Gasteiger partial charge in [0.05, 0.1) is 3.57 Å². The van der Waals surface area contributed by atoms with Crippen LogP contribution in [0.25, 0.3) is 0 Å². The first kappa shape index (κ1) is 10.8. The number of nitrogens with two attached hydrogens (primary N) is 1. The van der Waals surface area contributed by atoms with Crippen LogP contribution in [0.3, 0.4) is 0 Å². The van der Waals surface area contributed by atoms with Crippen LogP contribution in [0.2, 0.25) is 0 Å². The minimum absolute atomic E-state index is 0.0518. The van der Waals surface area contributed by atoms with E-state index in [1.807, 2.05) is 38.1 Å². The predicted octanol–water partition coefficient (Wildman–Crippen LogP) is 2.41. The fourth-order valence-corrected chi connectivity index (χ4v) is 1.36. The van der Waals surface area contributed by atoms with Crippen LogP contribution in [-0.4, -0.2) is 12.1 Å². The number of para-hydroxylation sites is 1. The Bertz CT molecular complexity index is 275. The van der Waals surface area contributed by atoms with Crippen molar-refractivity contribution in [2.45, 2.75) is 26.0 Å². The molecule has 1 unspecified atom stereocenters. The van der Waals surface area contributed by atoms with Gasteiger partial charge in [-0.05, 0) is 48.6 Å². The molecule has 0 aliphatic rings. The third-order valence-corrected chi connectivity index (χ3v) is 2.78. The molecule has 0 radical (unpaired) electrons. The van der Waals surface area contributed by atoms with E-state index in [2.05, 4.69) is 22.6 Å². The Hall–Kier alpha value is -0.290. The molecule has 72 valence electrons. The molecule has 2 N–H and O–H groups in total. The molecule has 1 rings (SSSR count). The monoisotopic (exact) mass is 291 g/mol. The van der Waals surface area contributed by atoms with Gasteiger partial charge in [-0.15, -0.1) is 0 Å². The largest absolute Gasteiger partial charge is 0.488 e. The molecule has 0 spiro atoms. The van der Waals surface area contributed by atoms with Crippen LogP contribution in [0, 0.1) is 3.57 Å². The maximum absolute atomic E-state index is 5.71. The topological polar surface area (TPSA) is 35.2 Å². The highest BCUT2D eigenvalue weighted by atomic mass is 127. The van der Waals surface area contributed by atoms with Crippen molar-refractivity contribution in [3.05, 3.63) is 27.8 Å². The Balaban J connectivity index is 2.69. The number of halogens is 1. The summed E-state index contributed by atoms with van der Waals surface area (Å²) in [5.74, 6) is 0.910. The molecule has 0 amide bonds. The van der Waals surface area contributed by atoms with Crippen molar-refractivity contribution in [1.82, 2.24) is 0 Å². The zero-order valence-electron chi connectivity index (χ0n) is 7.83. The van der Waals surface area contributed by atoms with E-state index in [1.165, 1.54) is 0 Å². The number of rotatable bonds is 3. The van der Waals surface area contributed by atoms with Gasteiger partial charge in [0.2, 0.25) is 0 Å². The van der Waals surface area contributed by atoms with E-state index in [4.69, 9.17) is 10.5 Å². The minimum Gasteiger partial charge on any atom is -0.488 e. The van der Waals surface area contributed by atoms with Crippen molar-refractivity contribution in [1.29, 1.82) is 0 Å². The Kier molecular flexibility index (Phi) is 3.99. The van der Waals surface area contributed by atoms with Crippen LogP contribution < -0.4 is 10.5 Å². The summed E-state index contributed by atoms with van der Waals surface area (Å²) in [6.07, 6.45) is 0.0518. The van der Waals surface area contributed by atoms with Gasteiger partial charge in [-0.25, -0.2) is 0 Å². The van der Waals surface area contributed by atoms with Gasteiger partial charge in [0.1, 0.15) is 11.9 Å². The normalized spacial score (nSPS) is 15.1. The van der Waals surface area contributed by atoms with Gasteiger partial charge < -0.3 is 10.5 Å². The van der Waals surface area contributed by atoms with Crippen LogP contribution >= 0.6 is 22.6 Å². The smallest absolute Gasteiger partial charge is 0.133 e. The van der Waals surface area contributed by atoms with E-state index >= 15 is 0 Å². The van der Waals surface area contributed by atoms with Crippen LogP contribution in [0.4, 0.5) is 0 Å². The molecule has 0 aromatic heterocycles. The average Bonchev–Trinajstić information content (AvgIpc) is 2.08. The molecule has 2 nitrogen and oxygen atoms in total. The van der Waals surface area contributed by atoms with E-state index in [-0.39, 0.29) is 12.1 Å². The van der Waals surface area contributed by atoms with Gasteiger partial charge in [0, 0.05) is 6.04 Å². The summed E-state index contributed by atoms with van der Waals surface area (Å²) in [4.78, 5) is 0. The first-order valence-electron chi connectivity index (χ1n) is 4.28. The van der Waals surface area contributed by atoms with Crippen LogP contribution in [-0.2, 0) is 0 Å². The van der Waals surface area contributed by atoms with Crippen molar-refractivity contribution in [3.63, 3.8) is 0 Å². The Morgan fingerprint density at radius 2 is 1.92 bits per heavy atom. The van der Waals surface area contributed by atoms with E-state index < -0.39 is 0 Å². The molecule has 0 heterocycles. The van der Waals surface area contributed by atoms with Gasteiger partial charge in [-0.2, -0.15) is 0 Å². The van der Waals surface area contributed by atoms with Crippen molar-refractivity contribution in [3.8, 4) is 5.75 Å². The third kappa shape index (κ3) is 3.15. The molecule has 0 bridgehead atoms. The second kappa shape index (κ2) is 4.81. The quantitative estimate of drug-likeness (QED) is 0.868. The maximum Gasteiger partial charge on any atom is 0.133 e. The molecular weight excluding hydrogens is 277 g/mol. The number of benzene rings is 1. The summed E-state index contributed by atoms with van der Waals surface area (Å²) < 4.78 is 6.79. The van der Waals surface area contributed by atoms with E-state index in [0.717, 1.165) is 9.32 Å². The molecular formula is C10H14INO. The van der Waals surface area contributed by atoms with Crippen LogP contribution in [0.5, 0.6) is 5.75 Å². The summed E-state index contributed by atoms with van der Waals surface area (Å²) in [5, 5.41) is 0. The zero-order chi connectivity index (χ0) is 9.84. The third-order valence-electron chi connectivity index (χ3n) is 1.89. The summed E-state index contributed by atoms with van der Waals surface area (Å²) in [7, 11) is 0. The maximum atomic E-state index is 5.71. The van der Waals surface area contributed by atoms with Crippen molar-refractivity contribution < 1.29 is 4.74 Å². The Morgan fingerprint density at radius 3 is 2.46 bits per heavy atom. The summed E-state index contributed by atoms with van der Waals surface area (Å²) >= 11 is 2.25. The highest BCUT2D eigenvalue weighted by molar-refractivity contribution is 14.1. The van der Waals surface area contributed by atoms with Gasteiger partial charge in [-0.3, -0.25) is 0 Å².